The lowest BCUT2D eigenvalue weighted by molar-refractivity contribution is -0.124. The normalized spacial score (nSPS) is 9.07. The number of imidazole rings is 1. The number of hydrogen-bond donors (Lipinski definition) is 0. The third kappa shape index (κ3) is 2.36. The molecule has 4 nitrogen and oxygen atoms in total. The second-order valence-electron chi connectivity index (χ2n) is 3.03. The van der Waals surface area contributed by atoms with Gasteiger partial charge < -0.3 is 9.47 Å². The van der Waals surface area contributed by atoms with E-state index in [2.05, 4.69) is 16.8 Å². The maximum Gasteiger partial charge on any atom is 0.298 e. The topological polar surface area (TPSA) is 38.1 Å². The number of aromatic nitrogens is 2. The molecule has 1 rings (SSSR count). The molecule has 0 aliphatic heterocycles. The summed E-state index contributed by atoms with van der Waals surface area (Å²) in [5.74, 6) is 4.89. The summed E-state index contributed by atoms with van der Waals surface area (Å²) in [7, 11) is 3.62. The van der Waals surface area contributed by atoms with Crippen molar-refractivity contribution < 1.29 is 4.79 Å². The minimum absolute atomic E-state index is 0.172. The van der Waals surface area contributed by atoms with E-state index < -0.39 is 0 Å². The van der Waals surface area contributed by atoms with Crippen LogP contribution >= 0.6 is 0 Å². The van der Waals surface area contributed by atoms with Crippen LogP contribution in [0.5, 0.6) is 0 Å². The lowest BCUT2D eigenvalue weighted by Crippen LogP contribution is -2.25. The molecule has 0 saturated heterocycles. The molecule has 0 spiro atoms. The molecule has 0 atom stereocenters. The summed E-state index contributed by atoms with van der Waals surface area (Å²) in [6, 6.07) is 0. The van der Waals surface area contributed by atoms with E-state index in [-0.39, 0.29) is 5.91 Å². The van der Waals surface area contributed by atoms with Gasteiger partial charge in [-0.05, 0) is 12.8 Å². The monoisotopic (exact) mass is 191 g/mol. The molecule has 1 aromatic rings. The van der Waals surface area contributed by atoms with E-state index in [1.54, 1.807) is 31.4 Å². The maximum atomic E-state index is 11.3. The zero-order valence-electron chi connectivity index (χ0n) is 8.61. The zero-order valence-corrected chi connectivity index (χ0v) is 8.61. The fourth-order valence-corrected chi connectivity index (χ4v) is 1.05. The average molecular weight is 191 g/mol. The molecule has 0 aliphatic rings. The van der Waals surface area contributed by atoms with Gasteiger partial charge in [-0.15, -0.1) is 0 Å². The lowest BCUT2D eigenvalue weighted by Gasteiger charge is -2.13. The molecule has 0 unspecified atom stereocenters. The molecule has 4 heteroatoms. The van der Waals surface area contributed by atoms with Crippen molar-refractivity contribution in [2.24, 2.45) is 7.05 Å². The molecule has 14 heavy (non-hydrogen) atoms. The molecule has 1 amide bonds. The first-order valence-electron chi connectivity index (χ1n) is 4.28. The molecule has 0 aromatic carbocycles. The van der Waals surface area contributed by atoms with Crippen molar-refractivity contribution in [3.63, 3.8) is 0 Å². The van der Waals surface area contributed by atoms with Crippen LogP contribution < -0.4 is 0 Å². The molecule has 1 aromatic heterocycles. The highest BCUT2D eigenvalue weighted by molar-refractivity contribution is 5.93. The van der Waals surface area contributed by atoms with Gasteiger partial charge in [0.15, 0.2) is 0 Å². The number of rotatable bonds is 2. The Labute approximate surface area is 83.5 Å². The first kappa shape index (κ1) is 10.3. The third-order valence-corrected chi connectivity index (χ3v) is 1.89. The average Bonchev–Trinajstić information content (AvgIpc) is 2.52. The minimum Gasteiger partial charge on any atom is -0.336 e. The van der Waals surface area contributed by atoms with E-state index in [9.17, 15) is 4.79 Å². The number of aryl methyl sites for hydroxylation is 1. The Hall–Kier alpha value is -1.76. The SMILES string of the molecule is CC#CC(=O)N(C)Cc1cncn1C. The van der Waals surface area contributed by atoms with E-state index in [1.807, 2.05) is 11.6 Å². The van der Waals surface area contributed by atoms with Gasteiger partial charge in [0.2, 0.25) is 0 Å². The highest BCUT2D eigenvalue weighted by Gasteiger charge is 2.07. The number of hydrogen-bond acceptors (Lipinski definition) is 2. The quantitative estimate of drug-likeness (QED) is 0.635. The van der Waals surface area contributed by atoms with Gasteiger partial charge in [-0.2, -0.15) is 0 Å². The Kier molecular flexibility index (Phi) is 3.29. The predicted molar refractivity (Wildman–Crippen MR) is 53.1 cm³/mol. The highest BCUT2D eigenvalue weighted by atomic mass is 16.2. The summed E-state index contributed by atoms with van der Waals surface area (Å²) in [4.78, 5) is 16.8. The third-order valence-electron chi connectivity index (χ3n) is 1.89. The molecular weight excluding hydrogens is 178 g/mol. The first-order valence-corrected chi connectivity index (χ1v) is 4.28. The fourth-order valence-electron chi connectivity index (χ4n) is 1.05. The van der Waals surface area contributed by atoms with Crippen LogP contribution in [0.1, 0.15) is 12.6 Å². The second kappa shape index (κ2) is 4.47. The number of carbonyl (C=O) groups excluding carboxylic acids is 1. The Morgan fingerprint density at radius 2 is 2.43 bits per heavy atom. The van der Waals surface area contributed by atoms with Gasteiger partial charge in [-0.3, -0.25) is 4.79 Å². The first-order chi connectivity index (χ1) is 6.65. The summed E-state index contributed by atoms with van der Waals surface area (Å²) in [5.41, 5.74) is 0.985. The van der Waals surface area contributed by atoms with Crippen LogP contribution in [0, 0.1) is 11.8 Å². The molecular formula is C10H13N3O. The number of nitrogens with zero attached hydrogens (tertiary/aromatic N) is 3. The van der Waals surface area contributed by atoms with E-state index in [0.717, 1.165) is 5.69 Å². The molecule has 74 valence electrons. The summed E-state index contributed by atoms with van der Waals surface area (Å²) in [6.07, 6.45) is 3.45. The second-order valence-corrected chi connectivity index (χ2v) is 3.03. The minimum atomic E-state index is -0.172. The number of amides is 1. The summed E-state index contributed by atoms with van der Waals surface area (Å²) >= 11 is 0. The van der Waals surface area contributed by atoms with E-state index in [4.69, 9.17) is 0 Å². The summed E-state index contributed by atoms with van der Waals surface area (Å²) in [6.45, 7) is 2.18. The summed E-state index contributed by atoms with van der Waals surface area (Å²) < 4.78 is 1.88. The molecule has 0 aliphatic carbocycles. The van der Waals surface area contributed by atoms with E-state index in [0.29, 0.717) is 6.54 Å². The van der Waals surface area contributed by atoms with Crippen molar-refractivity contribution >= 4 is 5.91 Å². The molecule has 1 heterocycles. The van der Waals surface area contributed by atoms with Gasteiger partial charge >= 0.3 is 0 Å². The molecule has 0 fully saturated rings. The van der Waals surface area contributed by atoms with Crippen molar-refractivity contribution in [1.82, 2.24) is 14.5 Å². The molecule has 0 bridgehead atoms. The van der Waals surface area contributed by atoms with Crippen LogP contribution in [0.2, 0.25) is 0 Å². The van der Waals surface area contributed by atoms with Crippen LogP contribution in [-0.2, 0) is 18.4 Å². The summed E-state index contributed by atoms with van der Waals surface area (Å²) in [5, 5.41) is 0. The van der Waals surface area contributed by atoms with Crippen LogP contribution in [0.3, 0.4) is 0 Å². The largest absolute Gasteiger partial charge is 0.336 e. The lowest BCUT2D eigenvalue weighted by atomic mass is 10.4. The van der Waals surface area contributed by atoms with Gasteiger partial charge in [0.25, 0.3) is 5.91 Å². The van der Waals surface area contributed by atoms with Crippen molar-refractivity contribution in [2.45, 2.75) is 13.5 Å². The van der Waals surface area contributed by atoms with E-state index in [1.165, 1.54) is 0 Å². The predicted octanol–water partition coefficient (Wildman–Crippen LogP) is 0.402. The smallest absolute Gasteiger partial charge is 0.298 e. The Morgan fingerprint density at radius 1 is 1.71 bits per heavy atom. The van der Waals surface area contributed by atoms with E-state index >= 15 is 0 Å². The highest BCUT2D eigenvalue weighted by Crippen LogP contribution is 2.00. The Bertz CT molecular complexity index is 384. The maximum absolute atomic E-state index is 11.3. The van der Waals surface area contributed by atoms with Gasteiger partial charge in [-0.25, -0.2) is 4.98 Å². The Morgan fingerprint density at radius 3 is 2.93 bits per heavy atom. The van der Waals surface area contributed by atoms with Gasteiger partial charge in [-0.1, -0.05) is 5.92 Å². The molecule has 0 radical (unpaired) electrons. The van der Waals surface area contributed by atoms with Gasteiger partial charge in [0, 0.05) is 20.3 Å². The zero-order chi connectivity index (χ0) is 10.6. The van der Waals surface area contributed by atoms with Gasteiger partial charge in [0.05, 0.1) is 18.6 Å². The van der Waals surface area contributed by atoms with Crippen molar-refractivity contribution in [3.8, 4) is 11.8 Å². The van der Waals surface area contributed by atoms with Crippen molar-refractivity contribution in [2.75, 3.05) is 7.05 Å². The van der Waals surface area contributed by atoms with Gasteiger partial charge in [0.1, 0.15) is 0 Å². The number of carbonyl (C=O) groups is 1. The van der Waals surface area contributed by atoms with Crippen LogP contribution in [0.4, 0.5) is 0 Å². The standard InChI is InChI=1S/C10H13N3O/c1-4-5-10(14)12(2)7-9-6-11-8-13(9)3/h6,8H,7H2,1-3H3. The molecule has 0 saturated carbocycles. The molecule has 0 N–H and O–H groups in total. The van der Waals surface area contributed by atoms with Crippen molar-refractivity contribution in [3.05, 3.63) is 18.2 Å². The Balaban J connectivity index is 2.64. The van der Waals surface area contributed by atoms with Crippen LogP contribution in [-0.4, -0.2) is 27.4 Å². The van der Waals surface area contributed by atoms with Crippen LogP contribution in [0.25, 0.3) is 0 Å². The fraction of sp³-hybridized carbons (Fsp3) is 0.400. The van der Waals surface area contributed by atoms with Crippen molar-refractivity contribution in [1.29, 1.82) is 0 Å². The van der Waals surface area contributed by atoms with Crippen LogP contribution in [0.15, 0.2) is 12.5 Å².